The summed E-state index contributed by atoms with van der Waals surface area (Å²) in [6, 6.07) is 15.6. The number of carboxylic acid groups (broad SMARTS) is 1. The fourth-order valence-electron chi connectivity index (χ4n) is 5.19. The van der Waals surface area contributed by atoms with Crippen LogP contribution in [0, 0.1) is 5.92 Å². The number of hydrogen-bond donors (Lipinski definition) is 3. The highest BCUT2D eigenvalue weighted by Crippen LogP contribution is 2.44. The van der Waals surface area contributed by atoms with Gasteiger partial charge in [0.1, 0.15) is 6.61 Å². The van der Waals surface area contributed by atoms with Crippen LogP contribution in [0.15, 0.2) is 48.5 Å². The van der Waals surface area contributed by atoms with Crippen molar-refractivity contribution in [3.63, 3.8) is 0 Å². The molecule has 2 aliphatic carbocycles. The summed E-state index contributed by atoms with van der Waals surface area (Å²) in [6.07, 6.45) is 3.11. The Morgan fingerprint density at radius 3 is 2.24 bits per heavy atom. The highest BCUT2D eigenvalue weighted by atomic mass is 16.5. The zero-order chi connectivity index (χ0) is 24.1. The molecule has 34 heavy (non-hydrogen) atoms. The largest absolute Gasteiger partial charge is 0.481 e. The number of nitrogens with one attached hydrogen (secondary N) is 2. The molecule has 4 rings (SSSR count). The zero-order valence-corrected chi connectivity index (χ0v) is 19.5. The van der Waals surface area contributed by atoms with Gasteiger partial charge in [0.2, 0.25) is 5.91 Å². The van der Waals surface area contributed by atoms with Crippen molar-refractivity contribution >= 4 is 18.0 Å². The predicted octanol–water partition coefficient (Wildman–Crippen LogP) is 4.45. The van der Waals surface area contributed by atoms with Crippen molar-refractivity contribution in [2.75, 3.05) is 6.61 Å². The second kappa shape index (κ2) is 10.7. The van der Waals surface area contributed by atoms with Crippen LogP contribution in [0.5, 0.6) is 0 Å². The molecule has 2 aromatic carbocycles. The third kappa shape index (κ3) is 5.24. The molecule has 7 nitrogen and oxygen atoms in total. The van der Waals surface area contributed by atoms with E-state index in [1.165, 1.54) is 0 Å². The molecule has 1 fully saturated rings. The molecule has 0 spiro atoms. The van der Waals surface area contributed by atoms with E-state index in [9.17, 15) is 19.5 Å². The number of ether oxygens (including phenoxy) is 1. The standard InChI is InChI=1S/C27H32N2O5/c1-2-17(15-25(30)29-24-14-8-7-13-22(24)26(31)32)28-27(33)34-16-23-20-11-5-3-9-18(20)19-10-4-6-12-21(19)23/h3-6,9-12,17,22-24H,2,7-8,13-16H2,1H3,(H,28,33)(H,29,30)(H,31,32)/t17-,22?,24?/m1/s1. The molecule has 0 aliphatic heterocycles. The molecule has 7 heteroatoms. The minimum absolute atomic E-state index is 0.0271. The van der Waals surface area contributed by atoms with Gasteiger partial charge in [-0.05, 0) is 41.5 Å². The van der Waals surface area contributed by atoms with E-state index in [2.05, 4.69) is 34.9 Å². The van der Waals surface area contributed by atoms with Crippen LogP contribution in [0.1, 0.15) is 62.5 Å². The molecule has 2 aromatic rings. The van der Waals surface area contributed by atoms with Gasteiger partial charge in [-0.25, -0.2) is 4.79 Å². The van der Waals surface area contributed by atoms with Gasteiger partial charge in [0, 0.05) is 24.4 Å². The van der Waals surface area contributed by atoms with E-state index >= 15 is 0 Å². The average Bonchev–Trinajstić information content (AvgIpc) is 3.16. The van der Waals surface area contributed by atoms with Crippen molar-refractivity contribution in [3.8, 4) is 11.1 Å². The normalized spacial score (nSPS) is 20.0. The number of alkyl carbamates (subject to hydrolysis) is 1. The molecule has 0 aromatic heterocycles. The molecule has 2 unspecified atom stereocenters. The van der Waals surface area contributed by atoms with Crippen molar-refractivity contribution in [2.45, 2.75) is 63.5 Å². The number of fused-ring (bicyclic) bond motifs is 3. The van der Waals surface area contributed by atoms with Gasteiger partial charge >= 0.3 is 12.1 Å². The van der Waals surface area contributed by atoms with Gasteiger partial charge in [-0.15, -0.1) is 0 Å². The Morgan fingerprint density at radius 2 is 1.62 bits per heavy atom. The molecule has 3 N–H and O–H groups in total. The molecule has 0 radical (unpaired) electrons. The number of amides is 2. The number of carbonyl (C=O) groups excluding carboxylic acids is 2. The van der Waals surface area contributed by atoms with Gasteiger partial charge < -0.3 is 20.5 Å². The van der Waals surface area contributed by atoms with Gasteiger partial charge in [-0.1, -0.05) is 68.3 Å². The third-order valence-corrected chi connectivity index (χ3v) is 7.02. The molecular formula is C27H32N2O5. The lowest BCUT2D eigenvalue weighted by atomic mass is 9.84. The van der Waals surface area contributed by atoms with Crippen molar-refractivity contribution in [1.82, 2.24) is 10.6 Å². The van der Waals surface area contributed by atoms with Gasteiger partial charge in [-0.2, -0.15) is 0 Å². The Morgan fingerprint density at radius 1 is 1.00 bits per heavy atom. The summed E-state index contributed by atoms with van der Waals surface area (Å²) in [7, 11) is 0. The lowest BCUT2D eigenvalue weighted by Crippen LogP contribution is -2.47. The summed E-state index contributed by atoms with van der Waals surface area (Å²) in [4.78, 5) is 36.6. The molecule has 3 atom stereocenters. The molecule has 0 heterocycles. The lowest BCUT2D eigenvalue weighted by molar-refractivity contribution is -0.144. The zero-order valence-electron chi connectivity index (χ0n) is 19.5. The van der Waals surface area contributed by atoms with Crippen molar-refractivity contribution in [3.05, 3.63) is 59.7 Å². The van der Waals surface area contributed by atoms with E-state index in [0.29, 0.717) is 19.3 Å². The van der Waals surface area contributed by atoms with E-state index in [-0.39, 0.29) is 36.9 Å². The molecule has 2 amide bonds. The highest BCUT2D eigenvalue weighted by molar-refractivity contribution is 5.80. The lowest BCUT2D eigenvalue weighted by Gasteiger charge is -2.29. The predicted molar refractivity (Wildman–Crippen MR) is 128 cm³/mol. The number of carbonyl (C=O) groups is 3. The number of rotatable bonds is 8. The molecule has 180 valence electrons. The van der Waals surface area contributed by atoms with Crippen LogP contribution in [-0.2, 0) is 14.3 Å². The van der Waals surface area contributed by atoms with Gasteiger partial charge in [-0.3, -0.25) is 9.59 Å². The fourth-order valence-corrected chi connectivity index (χ4v) is 5.19. The Hall–Kier alpha value is -3.35. The SMILES string of the molecule is CC[C@H](CC(=O)NC1CCCCC1C(=O)O)NC(=O)OCC1c2ccccc2-c2ccccc21. The van der Waals surface area contributed by atoms with Gasteiger partial charge in [0.05, 0.1) is 5.92 Å². The number of hydrogen-bond acceptors (Lipinski definition) is 4. The first-order valence-electron chi connectivity index (χ1n) is 12.1. The van der Waals surface area contributed by atoms with E-state index < -0.39 is 18.0 Å². The number of aliphatic carboxylic acids is 1. The Kier molecular flexibility index (Phi) is 7.50. The van der Waals surface area contributed by atoms with Crippen LogP contribution in [0.2, 0.25) is 0 Å². The van der Waals surface area contributed by atoms with Crippen LogP contribution in [0.3, 0.4) is 0 Å². The van der Waals surface area contributed by atoms with Gasteiger partial charge in [0.15, 0.2) is 0 Å². The quantitative estimate of drug-likeness (QED) is 0.535. The second-order valence-electron chi connectivity index (χ2n) is 9.18. The van der Waals surface area contributed by atoms with Crippen LogP contribution in [-0.4, -0.2) is 41.8 Å². The summed E-state index contributed by atoms with van der Waals surface area (Å²) >= 11 is 0. The minimum atomic E-state index is -0.867. The monoisotopic (exact) mass is 464 g/mol. The first-order valence-corrected chi connectivity index (χ1v) is 12.1. The maximum absolute atomic E-state index is 12.6. The Labute approximate surface area is 199 Å². The van der Waals surface area contributed by atoms with Crippen molar-refractivity contribution < 1.29 is 24.2 Å². The molecule has 1 saturated carbocycles. The van der Waals surface area contributed by atoms with Crippen LogP contribution >= 0.6 is 0 Å². The molecule has 0 saturated heterocycles. The average molecular weight is 465 g/mol. The van der Waals surface area contributed by atoms with E-state index in [1.54, 1.807) is 0 Å². The first kappa shape index (κ1) is 23.8. The molecule has 0 bridgehead atoms. The molecular weight excluding hydrogens is 432 g/mol. The van der Waals surface area contributed by atoms with E-state index in [0.717, 1.165) is 35.1 Å². The minimum Gasteiger partial charge on any atom is -0.481 e. The maximum atomic E-state index is 12.6. The third-order valence-electron chi connectivity index (χ3n) is 7.02. The van der Waals surface area contributed by atoms with E-state index in [4.69, 9.17) is 4.74 Å². The fraction of sp³-hybridized carbons (Fsp3) is 0.444. The topological polar surface area (TPSA) is 105 Å². The Balaban J connectivity index is 1.31. The van der Waals surface area contributed by atoms with Crippen molar-refractivity contribution in [2.24, 2.45) is 5.92 Å². The summed E-state index contributed by atoms with van der Waals surface area (Å²) in [5.41, 5.74) is 4.61. The van der Waals surface area contributed by atoms with Crippen LogP contribution < -0.4 is 10.6 Å². The Bertz CT molecular complexity index is 1010. The van der Waals surface area contributed by atoms with Gasteiger partial charge in [0.25, 0.3) is 0 Å². The van der Waals surface area contributed by atoms with Crippen LogP contribution in [0.25, 0.3) is 11.1 Å². The summed E-state index contributed by atoms with van der Waals surface area (Å²) < 4.78 is 5.59. The number of benzene rings is 2. The summed E-state index contributed by atoms with van der Waals surface area (Å²) in [5.74, 6) is -1.69. The van der Waals surface area contributed by atoms with E-state index in [1.807, 2.05) is 31.2 Å². The smallest absolute Gasteiger partial charge is 0.407 e. The summed E-state index contributed by atoms with van der Waals surface area (Å²) in [5, 5.41) is 15.1. The number of carboxylic acids is 1. The molecule has 2 aliphatic rings. The highest BCUT2D eigenvalue weighted by Gasteiger charge is 2.32. The second-order valence-corrected chi connectivity index (χ2v) is 9.18. The summed E-state index contributed by atoms with van der Waals surface area (Å²) in [6.45, 7) is 2.10. The maximum Gasteiger partial charge on any atom is 0.407 e. The first-order chi connectivity index (χ1) is 16.5. The van der Waals surface area contributed by atoms with Crippen molar-refractivity contribution in [1.29, 1.82) is 0 Å². The van der Waals surface area contributed by atoms with Crippen LogP contribution in [0.4, 0.5) is 4.79 Å².